The Balaban J connectivity index is 0.00000361. The van der Waals surface area contributed by atoms with Crippen molar-refractivity contribution in [2.24, 2.45) is 0 Å². The standard InChI is InChI=1S/C12H18Cl2N2O2S.ClH/c1-2-5-15-6-7-16-19(17,18)9-10-3-4-11(13)12(14)8-10;/h3-4,8,15-16H,2,5-7,9H2,1H3;1H. The van der Waals surface area contributed by atoms with Crippen LogP contribution in [0.3, 0.4) is 0 Å². The van der Waals surface area contributed by atoms with Gasteiger partial charge in [0.15, 0.2) is 0 Å². The minimum atomic E-state index is -3.34. The third kappa shape index (κ3) is 7.67. The molecule has 0 saturated carbocycles. The van der Waals surface area contributed by atoms with Crippen molar-refractivity contribution in [3.05, 3.63) is 33.8 Å². The minimum absolute atomic E-state index is 0. The van der Waals surface area contributed by atoms with E-state index in [1.807, 2.05) is 0 Å². The van der Waals surface area contributed by atoms with Gasteiger partial charge in [0.2, 0.25) is 10.0 Å². The summed E-state index contributed by atoms with van der Waals surface area (Å²) in [5, 5.41) is 3.90. The maximum absolute atomic E-state index is 11.8. The number of hydrogen-bond donors (Lipinski definition) is 2. The predicted molar refractivity (Wildman–Crippen MR) is 87.5 cm³/mol. The normalized spacial score (nSPS) is 11.2. The summed E-state index contributed by atoms with van der Waals surface area (Å²) in [5.41, 5.74) is 0.614. The molecule has 0 amide bonds. The van der Waals surface area contributed by atoms with Gasteiger partial charge in [0.1, 0.15) is 0 Å². The second-order valence-electron chi connectivity index (χ2n) is 4.15. The van der Waals surface area contributed by atoms with Crippen molar-refractivity contribution >= 4 is 45.6 Å². The molecule has 1 aromatic rings. The van der Waals surface area contributed by atoms with Gasteiger partial charge in [-0.05, 0) is 30.7 Å². The predicted octanol–water partition coefficient (Wildman–Crippen LogP) is 2.83. The average Bonchev–Trinajstić information content (AvgIpc) is 2.33. The van der Waals surface area contributed by atoms with Gasteiger partial charge in [0.25, 0.3) is 0 Å². The molecule has 20 heavy (non-hydrogen) atoms. The molecule has 0 spiro atoms. The second kappa shape index (κ2) is 9.82. The maximum Gasteiger partial charge on any atom is 0.215 e. The first-order valence-corrected chi connectivity index (χ1v) is 8.47. The first-order valence-electron chi connectivity index (χ1n) is 6.06. The van der Waals surface area contributed by atoms with Crippen molar-refractivity contribution in [3.63, 3.8) is 0 Å². The number of nitrogens with one attached hydrogen (secondary N) is 2. The van der Waals surface area contributed by atoms with E-state index in [1.54, 1.807) is 18.2 Å². The lowest BCUT2D eigenvalue weighted by Gasteiger charge is -2.08. The molecule has 4 nitrogen and oxygen atoms in total. The van der Waals surface area contributed by atoms with Crippen molar-refractivity contribution in [1.82, 2.24) is 10.0 Å². The van der Waals surface area contributed by atoms with Crippen LogP contribution in [0.5, 0.6) is 0 Å². The topological polar surface area (TPSA) is 58.2 Å². The number of rotatable bonds is 8. The van der Waals surface area contributed by atoms with Gasteiger partial charge < -0.3 is 5.32 Å². The highest BCUT2D eigenvalue weighted by atomic mass is 35.5. The zero-order valence-electron chi connectivity index (χ0n) is 11.2. The van der Waals surface area contributed by atoms with E-state index in [0.29, 0.717) is 28.7 Å². The van der Waals surface area contributed by atoms with Gasteiger partial charge in [-0.3, -0.25) is 0 Å². The number of sulfonamides is 1. The fourth-order valence-electron chi connectivity index (χ4n) is 1.50. The Bertz CT molecular complexity index is 509. The molecular formula is C12H19Cl3N2O2S. The van der Waals surface area contributed by atoms with Crippen molar-refractivity contribution in [3.8, 4) is 0 Å². The summed E-state index contributed by atoms with van der Waals surface area (Å²) < 4.78 is 26.2. The summed E-state index contributed by atoms with van der Waals surface area (Å²) in [4.78, 5) is 0. The van der Waals surface area contributed by atoms with Crippen LogP contribution in [0.1, 0.15) is 18.9 Å². The van der Waals surface area contributed by atoms with E-state index in [2.05, 4.69) is 17.0 Å². The molecule has 0 fully saturated rings. The lowest BCUT2D eigenvalue weighted by molar-refractivity contribution is 0.574. The van der Waals surface area contributed by atoms with Crippen LogP contribution >= 0.6 is 35.6 Å². The second-order valence-corrected chi connectivity index (χ2v) is 6.77. The molecule has 116 valence electrons. The summed E-state index contributed by atoms with van der Waals surface area (Å²) in [6.07, 6.45) is 1.02. The van der Waals surface area contributed by atoms with Crippen LogP contribution in [0.25, 0.3) is 0 Å². The van der Waals surface area contributed by atoms with Gasteiger partial charge in [-0.25, -0.2) is 13.1 Å². The van der Waals surface area contributed by atoms with Gasteiger partial charge in [0, 0.05) is 13.1 Å². The number of hydrogen-bond acceptors (Lipinski definition) is 3. The van der Waals surface area contributed by atoms with E-state index in [1.165, 1.54) is 0 Å². The molecule has 1 rings (SSSR count). The maximum atomic E-state index is 11.8. The monoisotopic (exact) mass is 360 g/mol. The van der Waals surface area contributed by atoms with E-state index < -0.39 is 10.0 Å². The molecular weight excluding hydrogens is 343 g/mol. The lowest BCUT2D eigenvalue weighted by atomic mass is 10.2. The largest absolute Gasteiger partial charge is 0.315 e. The molecule has 8 heteroatoms. The molecule has 0 heterocycles. The van der Waals surface area contributed by atoms with Gasteiger partial charge >= 0.3 is 0 Å². The average molecular weight is 362 g/mol. The van der Waals surface area contributed by atoms with Crippen LogP contribution < -0.4 is 10.0 Å². The zero-order valence-corrected chi connectivity index (χ0v) is 14.3. The van der Waals surface area contributed by atoms with Crippen molar-refractivity contribution in [2.75, 3.05) is 19.6 Å². The Morgan fingerprint density at radius 3 is 2.40 bits per heavy atom. The molecule has 0 saturated heterocycles. The first kappa shape index (κ1) is 20.0. The molecule has 0 unspecified atom stereocenters. The van der Waals surface area contributed by atoms with E-state index >= 15 is 0 Å². The SMILES string of the molecule is CCCNCCNS(=O)(=O)Cc1ccc(Cl)c(Cl)c1.Cl. The fourth-order valence-corrected chi connectivity index (χ4v) is 2.95. The minimum Gasteiger partial charge on any atom is -0.315 e. The molecule has 0 aliphatic carbocycles. The molecule has 0 radical (unpaired) electrons. The van der Waals surface area contributed by atoms with Gasteiger partial charge in [0.05, 0.1) is 15.8 Å². The van der Waals surface area contributed by atoms with E-state index in [0.717, 1.165) is 13.0 Å². The quantitative estimate of drug-likeness (QED) is 0.700. The highest BCUT2D eigenvalue weighted by Crippen LogP contribution is 2.23. The van der Waals surface area contributed by atoms with E-state index in [-0.39, 0.29) is 18.2 Å². The summed E-state index contributed by atoms with van der Waals surface area (Å²) >= 11 is 11.6. The van der Waals surface area contributed by atoms with Crippen molar-refractivity contribution in [1.29, 1.82) is 0 Å². The smallest absolute Gasteiger partial charge is 0.215 e. The van der Waals surface area contributed by atoms with Crippen molar-refractivity contribution in [2.45, 2.75) is 19.1 Å². The molecule has 0 aromatic heterocycles. The van der Waals surface area contributed by atoms with Crippen LogP contribution in [-0.4, -0.2) is 28.1 Å². The Morgan fingerprint density at radius 2 is 1.80 bits per heavy atom. The lowest BCUT2D eigenvalue weighted by Crippen LogP contribution is -2.32. The summed E-state index contributed by atoms with van der Waals surface area (Å²) in [5.74, 6) is -0.0995. The van der Waals surface area contributed by atoms with Crippen molar-refractivity contribution < 1.29 is 8.42 Å². The van der Waals surface area contributed by atoms with Crippen LogP contribution in [0.2, 0.25) is 10.0 Å². The molecule has 0 atom stereocenters. The van der Waals surface area contributed by atoms with Gasteiger partial charge in [-0.15, -0.1) is 12.4 Å². The third-order valence-electron chi connectivity index (χ3n) is 2.39. The number of halogens is 3. The number of benzene rings is 1. The molecule has 1 aromatic carbocycles. The highest BCUT2D eigenvalue weighted by molar-refractivity contribution is 7.88. The molecule has 2 N–H and O–H groups in total. The van der Waals surface area contributed by atoms with Crippen LogP contribution in [0, 0.1) is 0 Å². The fraction of sp³-hybridized carbons (Fsp3) is 0.500. The Kier molecular flexibility index (Phi) is 9.80. The summed E-state index contributed by atoms with van der Waals surface area (Å²) in [7, 11) is -3.34. The molecule has 0 bridgehead atoms. The summed E-state index contributed by atoms with van der Waals surface area (Å²) in [6.45, 7) is 3.94. The zero-order chi connectivity index (χ0) is 14.3. The van der Waals surface area contributed by atoms with Gasteiger partial charge in [-0.2, -0.15) is 0 Å². The third-order valence-corrected chi connectivity index (χ3v) is 4.49. The first-order chi connectivity index (χ1) is 8.94. The highest BCUT2D eigenvalue weighted by Gasteiger charge is 2.11. The molecule has 0 aliphatic heterocycles. The molecule has 0 aliphatic rings. The summed E-state index contributed by atoms with van der Waals surface area (Å²) in [6, 6.07) is 4.82. The van der Waals surface area contributed by atoms with Crippen LogP contribution in [0.15, 0.2) is 18.2 Å². The van der Waals surface area contributed by atoms with Crippen LogP contribution in [0.4, 0.5) is 0 Å². The van der Waals surface area contributed by atoms with Gasteiger partial charge in [-0.1, -0.05) is 36.2 Å². The Hall–Kier alpha value is -0.0400. The van der Waals surface area contributed by atoms with E-state index in [9.17, 15) is 8.42 Å². The Morgan fingerprint density at radius 1 is 1.10 bits per heavy atom. The van der Waals surface area contributed by atoms with Crippen LogP contribution in [-0.2, 0) is 15.8 Å². The van der Waals surface area contributed by atoms with E-state index in [4.69, 9.17) is 23.2 Å². The Labute approximate surface area is 136 Å².